The second-order valence-electron chi connectivity index (χ2n) is 8.06. The molecule has 1 atom stereocenters. The van der Waals surface area contributed by atoms with E-state index in [-0.39, 0.29) is 24.3 Å². The summed E-state index contributed by atoms with van der Waals surface area (Å²) in [6.45, 7) is 1.27. The molecule has 1 aliphatic heterocycles. The zero-order chi connectivity index (χ0) is 23.0. The van der Waals surface area contributed by atoms with Gasteiger partial charge in [-0.1, -0.05) is 12.1 Å². The molecule has 1 unspecified atom stereocenters. The summed E-state index contributed by atoms with van der Waals surface area (Å²) in [7, 11) is 0. The fraction of sp³-hybridized carbons (Fsp3) is 0.304. The summed E-state index contributed by atoms with van der Waals surface area (Å²) < 4.78 is 45.9. The van der Waals surface area contributed by atoms with E-state index >= 15 is 0 Å². The van der Waals surface area contributed by atoms with Crippen molar-refractivity contribution in [3.63, 3.8) is 0 Å². The van der Waals surface area contributed by atoms with Gasteiger partial charge in [-0.05, 0) is 49.2 Å². The number of rotatable bonds is 4. The summed E-state index contributed by atoms with van der Waals surface area (Å²) >= 11 is 0. The lowest BCUT2D eigenvalue weighted by Crippen LogP contribution is -2.40. The largest absolute Gasteiger partial charge is 0.420 e. The molecule has 0 spiro atoms. The Bertz CT molecular complexity index is 1280. The number of carbonyl (C=O) groups is 1. The number of halogens is 3. The van der Waals surface area contributed by atoms with Crippen LogP contribution < -0.4 is 0 Å². The first-order valence-corrected chi connectivity index (χ1v) is 10.6. The van der Waals surface area contributed by atoms with E-state index in [1.54, 1.807) is 11.2 Å². The number of likely N-dealkylation sites (tertiary alicyclic amines) is 1. The van der Waals surface area contributed by atoms with Crippen LogP contribution in [0, 0.1) is 0 Å². The molecule has 33 heavy (non-hydrogen) atoms. The average Bonchev–Trinajstić information content (AvgIpc) is 3.47. The third kappa shape index (κ3) is 4.33. The van der Waals surface area contributed by atoms with Gasteiger partial charge in [0.25, 0.3) is 0 Å². The Labute approximate surface area is 186 Å². The summed E-state index contributed by atoms with van der Waals surface area (Å²) in [5, 5.41) is 8.11. The van der Waals surface area contributed by atoms with Crippen LogP contribution in [0.25, 0.3) is 22.5 Å². The van der Waals surface area contributed by atoms with Crippen LogP contribution in [0.1, 0.15) is 30.2 Å². The van der Waals surface area contributed by atoms with Gasteiger partial charge in [0, 0.05) is 18.7 Å². The number of nitrogens with zero attached hydrogens (tertiary/aromatic N) is 5. The van der Waals surface area contributed by atoms with Gasteiger partial charge in [0.1, 0.15) is 6.54 Å². The van der Waals surface area contributed by atoms with Gasteiger partial charge in [-0.15, -0.1) is 10.2 Å². The molecule has 5 rings (SSSR count). The van der Waals surface area contributed by atoms with Crippen molar-refractivity contribution in [3.05, 3.63) is 66.3 Å². The molecular formula is C23H20F3N5O2. The van der Waals surface area contributed by atoms with E-state index in [9.17, 15) is 18.0 Å². The van der Waals surface area contributed by atoms with Crippen LogP contribution in [-0.2, 0) is 17.5 Å². The quantitative estimate of drug-likeness (QED) is 0.453. The van der Waals surface area contributed by atoms with E-state index in [4.69, 9.17) is 4.42 Å². The molecule has 1 saturated heterocycles. The molecule has 10 heteroatoms. The molecule has 0 aliphatic carbocycles. The number of carbonyl (C=O) groups excluding carboxylic acids is 1. The van der Waals surface area contributed by atoms with E-state index in [0.717, 1.165) is 36.0 Å². The maximum atomic E-state index is 12.9. The Morgan fingerprint density at radius 1 is 1.09 bits per heavy atom. The standard InChI is InChI=1S/C23H20F3N5O2/c24-23(25,26)17-9-7-15(8-10-17)21-28-29-22(33-21)16-4-3-11-30(12-16)20(32)13-31-14-27-18-5-1-2-6-19(18)31/h1-2,5-10,14,16H,3-4,11-13H2. The van der Waals surface area contributed by atoms with Crippen molar-refractivity contribution in [1.29, 1.82) is 0 Å². The number of piperidine rings is 1. The average molecular weight is 455 g/mol. The Morgan fingerprint density at radius 2 is 1.88 bits per heavy atom. The summed E-state index contributed by atoms with van der Waals surface area (Å²) in [6.07, 6.45) is -1.16. The molecule has 0 bridgehead atoms. The van der Waals surface area contributed by atoms with Crippen LogP contribution in [0.15, 0.2) is 59.3 Å². The third-order valence-electron chi connectivity index (χ3n) is 5.86. The minimum Gasteiger partial charge on any atom is -0.420 e. The van der Waals surface area contributed by atoms with Crippen LogP contribution in [0.5, 0.6) is 0 Å². The van der Waals surface area contributed by atoms with Crippen LogP contribution in [0.3, 0.4) is 0 Å². The number of fused-ring (bicyclic) bond motifs is 1. The SMILES string of the molecule is O=C(Cn1cnc2ccccc21)N1CCCC(c2nnc(-c3ccc(C(F)(F)F)cc3)o2)C1. The number of hydrogen-bond donors (Lipinski definition) is 0. The molecule has 1 fully saturated rings. The Hall–Kier alpha value is -3.69. The lowest BCUT2D eigenvalue weighted by atomic mass is 9.98. The van der Waals surface area contributed by atoms with E-state index in [1.165, 1.54) is 12.1 Å². The fourth-order valence-corrected chi connectivity index (χ4v) is 4.11. The third-order valence-corrected chi connectivity index (χ3v) is 5.86. The highest BCUT2D eigenvalue weighted by Crippen LogP contribution is 2.32. The van der Waals surface area contributed by atoms with E-state index < -0.39 is 11.7 Å². The van der Waals surface area contributed by atoms with Crippen LogP contribution in [-0.4, -0.2) is 43.6 Å². The smallest absolute Gasteiger partial charge is 0.416 e. The number of amides is 1. The molecule has 2 aromatic carbocycles. The van der Waals surface area contributed by atoms with Gasteiger partial charge in [0.05, 0.1) is 28.8 Å². The van der Waals surface area contributed by atoms with Crippen molar-refractivity contribution in [2.24, 2.45) is 0 Å². The number of benzene rings is 2. The summed E-state index contributed by atoms with van der Waals surface area (Å²) in [4.78, 5) is 19.1. The number of aromatic nitrogens is 4. The van der Waals surface area contributed by atoms with Gasteiger partial charge in [-0.25, -0.2) is 4.98 Å². The van der Waals surface area contributed by atoms with Gasteiger partial charge < -0.3 is 13.9 Å². The molecule has 0 radical (unpaired) electrons. The van der Waals surface area contributed by atoms with E-state index in [1.807, 2.05) is 28.8 Å². The lowest BCUT2D eigenvalue weighted by molar-refractivity contribution is -0.137. The van der Waals surface area contributed by atoms with Gasteiger partial charge in [0.2, 0.25) is 17.7 Å². The highest BCUT2D eigenvalue weighted by atomic mass is 19.4. The van der Waals surface area contributed by atoms with Crippen molar-refractivity contribution < 1.29 is 22.4 Å². The monoisotopic (exact) mass is 455 g/mol. The molecule has 2 aromatic heterocycles. The first-order chi connectivity index (χ1) is 15.9. The number of hydrogen-bond acceptors (Lipinski definition) is 5. The number of imidazole rings is 1. The second-order valence-corrected chi connectivity index (χ2v) is 8.06. The Morgan fingerprint density at radius 3 is 2.67 bits per heavy atom. The Balaban J connectivity index is 1.27. The van der Waals surface area contributed by atoms with Crippen LogP contribution in [0.4, 0.5) is 13.2 Å². The first-order valence-electron chi connectivity index (χ1n) is 10.6. The predicted octanol–water partition coefficient (Wildman–Crippen LogP) is 4.51. The van der Waals surface area contributed by atoms with Crippen molar-refractivity contribution in [1.82, 2.24) is 24.6 Å². The van der Waals surface area contributed by atoms with Gasteiger partial charge in [-0.2, -0.15) is 13.2 Å². The molecule has 3 heterocycles. The summed E-state index contributed by atoms with van der Waals surface area (Å²) in [6, 6.07) is 12.2. The van der Waals surface area contributed by atoms with E-state index in [0.29, 0.717) is 24.5 Å². The molecule has 170 valence electrons. The first kappa shape index (κ1) is 21.2. The predicted molar refractivity (Wildman–Crippen MR) is 113 cm³/mol. The molecule has 7 nitrogen and oxygen atoms in total. The molecular weight excluding hydrogens is 435 g/mol. The van der Waals surface area contributed by atoms with Crippen molar-refractivity contribution in [2.75, 3.05) is 13.1 Å². The maximum absolute atomic E-state index is 12.9. The van der Waals surface area contributed by atoms with Crippen molar-refractivity contribution >= 4 is 16.9 Å². The second kappa shape index (κ2) is 8.34. The summed E-state index contributed by atoms with van der Waals surface area (Å²) in [5.74, 6) is 0.394. The minimum atomic E-state index is -4.40. The van der Waals surface area contributed by atoms with Gasteiger partial charge in [0.15, 0.2) is 0 Å². The Kier molecular flexibility index (Phi) is 5.35. The zero-order valence-corrected chi connectivity index (χ0v) is 17.5. The molecule has 1 amide bonds. The molecule has 1 aliphatic rings. The highest BCUT2D eigenvalue weighted by Gasteiger charge is 2.31. The topological polar surface area (TPSA) is 77.1 Å². The normalized spacial score (nSPS) is 16.9. The number of para-hydroxylation sites is 2. The van der Waals surface area contributed by atoms with E-state index in [2.05, 4.69) is 15.2 Å². The molecule has 0 N–H and O–H groups in total. The van der Waals surface area contributed by atoms with Crippen molar-refractivity contribution in [2.45, 2.75) is 31.5 Å². The van der Waals surface area contributed by atoms with Gasteiger partial charge >= 0.3 is 6.18 Å². The maximum Gasteiger partial charge on any atom is 0.416 e. The highest BCUT2D eigenvalue weighted by molar-refractivity contribution is 5.80. The van der Waals surface area contributed by atoms with Crippen LogP contribution in [0.2, 0.25) is 0 Å². The van der Waals surface area contributed by atoms with Crippen LogP contribution >= 0.6 is 0 Å². The summed E-state index contributed by atoms with van der Waals surface area (Å²) in [5.41, 5.74) is 1.41. The fourth-order valence-electron chi connectivity index (χ4n) is 4.11. The lowest BCUT2D eigenvalue weighted by Gasteiger charge is -2.31. The van der Waals surface area contributed by atoms with Crippen molar-refractivity contribution in [3.8, 4) is 11.5 Å². The zero-order valence-electron chi connectivity index (χ0n) is 17.5. The van der Waals surface area contributed by atoms with Gasteiger partial charge in [-0.3, -0.25) is 4.79 Å². The minimum absolute atomic E-state index is 0.0228. The molecule has 0 saturated carbocycles. The number of alkyl halides is 3. The molecule has 4 aromatic rings.